The number of halogens is 1. The van der Waals surface area contributed by atoms with Gasteiger partial charge in [-0.2, -0.15) is 0 Å². The van der Waals surface area contributed by atoms with E-state index in [1.165, 1.54) is 0 Å². The molecule has 1 amide bonds. The first-order valence-corrected chi connectivity index (χ1v) is 10.1. The number of nitrogens with one attached hydrogen (secondary N) is 2. The van der Waals surface area contributed by atoms with Crippen molar-refractivity contribution < 1.29 is 14.3 Å². The molecule has 0 bridgehead atoms. The van der Waals surface area contributed by atoms with Crippen molar-refractivity contribution in [3.63, 3.8) is 0 Å². The fourth-order valence-electron chi connectivity index (χ4n) is 2.63. The zero-order valence-electron chi connectivity index (χ0n) is 16.8. The number of hydrogen-bond acceptors (Lipinski definition) is 4. The summed E-state index contributed by atoms with van der Waals surface area (Å²) in [6.07, 6.45) is 2.28. The smallest absolute Gasteiger partial charge is 0.262 e. The minimum atomic E-state index is -0.257. The van der Waals surface area contributed by atoms with Gasteiger partial charge in [-0.15, -0.1) is 0 Å². The number of anilines is 1. The zero-order chi connectivity index (χ0) is 20.4. The Balaban J connectivity index is 2.00. The second-order valence-corrected chi connectivity index (χ2v) is 6.98. The normalized spacial score (nSPS) is 10.6. The van der Waals surface area contributed by atoms with Crippen LogP contribution in [0.1, 0.15) is 37.8 Å². The van der Waals surface area contributed by atoms with E-state index >= 15 is 0 Å². The van der Waals surface area contributed by atoms with Gasteiger partial charge >= 0.3 is 0 Å². The van der Waals surface area contributed by atoms with Crippen LogP contribution in [0.15, 0.2) is 36.4 Å². The van der Waals surface area contributed by atoms with Crippen LogP contribution >= 0.6 is 11.6 Å². The van der Waals surface area contributed by atoms with Crippen LogP contribution in [0.2, 0.25) is 5.02 Å². The topological polar surface area (TPSA) is 59.6 Å². The average Bonchev–Trinajstić information content (AvgIpc) is 2.67. The van der Waals surface area contributed by atoms with E-state index in [2.05, 4.69) is 17.6 Å². The van der Waals surface area contributed by atoms with E-state index in [4.69, 9.17) is 21.1 Å². The largest absolute Gasteiger partial charge is 0.490 e. The molecule has 2 aromatic rings. The molecule has 5 nitrogen and oxygen atoms in total. The van der Waals surface area contributed by atoms with Crippen LogP contribution in [0.3, 0.4) is 0 Å². The molecule has 2 N–H and O–H groups in total. The van der Waals surface area contributed by atoms with E-state index in [9.17, 15) is 4.79 Å². The summed E-state index contributed by atoms with van der Waals surface area (Å²) in [5.74, 6) is 0.679. The van der Waals surface area contributed by atoms with Gasteiger partial charge in [0.2, 0.25) is 0 Å². The summed E-state index contributed by atoms with van der Waals surface area (Å²) >= 11 is 6.41. The highest BCUT2D eigenvalue weighted by atomic mass is 35.5. The first-order chi connectivity index (χ1) is 13.5. The van der Waals surface area contributed by atoms with E-state index in [1.807, 2.05) is 50.2 Å². The van der Waals surface area contributed by atoms with E-state index in [1.54, 1.807) is 0 Å². The third kappa shape index (κ3) is 7.06. The van der Waals surface area contributed by atoms with Crippen molar-refractivity contribution in [1.29, 1.82) is 0 Å². The molecule has 0 radical (unpaired) electrons. The number of carbonyl (C=O) groups excluding carboxylic acids is 1. The molecule has 0 aliphatic rings. The Hall–Kier alpha value is -2.24. The van der Waals surface area contributed by atoms with Crippen molar-refractivity contribution in [3.8, 4) is 11.5 Å². The Labute approximate surface area is 172 Å². The molecule has 0 heterocycles. The molecule has 2 aromatic carbocycles. The van der Waals surface area contributed by atoms with Gasteiger partial charge in [-0.05, 0) is 56.6 Å². The predicted molar refractivity (Wildman–Crippen MR) is 115 cm³/mol. The molecule has 6 heteroatoms. The van der Waals surface area contributed by atoms with Crippen LogP contribution in [0.5, 0.6) is 11.5 Å². The molecule has 0 atom stereocenters. The van der Waals surface area contributed by atoms with Crippen LogP contribution in [-0.4, -0.2) is 25.7 Å². The highest BCUT2D eigenvalue weighted by Gasteiger charge is 2.14. The van der Waals surface area contributed by atoms with Gasteiger partial charge in [-0.25, -0.2) is 0 Å². The summed E-state index contributed by atoms with van der Waals surface area (Å²) in [7, 11) is 0. The highest BCUT2D eigenvalue weighted by molar-refractivity contribution is 6.32. The van der Waals surface area contributed by atoms with Gasteiger partial charge in [-0.3, -0.25) is 4.79 Å². The zero-order valence-corrected chi connectivity index (χ0v) is 17.6. The van der Waals surface area contributed by atoms with Gasteiger partial charge in [0, 0.05) is 12.2 Å². The summed E-state index contributed by atoms with van der Waals surface area (Å²) in [6.45, 7) is 8.04. The second-order valence-electron chi connectivity index (χ2n) is 6.57. The molecule has 0 saturated carbocycles. The van der Waals surface area contributed by atoms with E-state index in [0.717, 1.165) is 36.2 Å². The lowest BCUT2D eigenvalue weighted by molar-refractivity contribution is -0.118. The number of amides is 1. The lowest BCUT2D eigenvalue weighted by Crippen LogP contribution is -2.20. The maximum atomic E-state index is 12.2. The Morgan fingerprint density at radius 3 is 2.54 bits per heavy atom. The van der Waals surface area contributed by atoms with Crippen molar-refractivity contribution >= 4 is 23.2 Å². The summed E-state index contributed by atoms with van der Waals surface area (Å²) in [5, 5.41) is 6.62. The van der Waals surface area contributed by atoms with Crippen molar-refractivity contribution in [1.82, 2.24) is 5.32 Å². The lowest BCUT2D eigenvalue weighted by atomic mass is 10.2. The molecule has 0 unspecified atom stereocenters. The maximum Gasteiger partial charge on any atom is 0.262 e. The first-order valence-electron chi connectivity index (χ1n) is 9.68. The predicted octanol–water partition coefficient (Wildman–Crippen LogP) is 4.95. The number of benzene rings is 2. The summed E-state index contributed by atoms with van der Waals surface area (Å²) < 4.78 is 11.4. The number of rotatable bonds is 11. The van der Waals surface area contributed by atoms with Gasteiger partial charge in [0.05, 0.1) is 11.6 Å². The minimum absolute atomic E-state index is 0.151. The monoisotopic (exact) mass is 404 g/mol. The Morgan fingerprint density at radius 1 is 1.11 bits per heavy atom. The third-order valence-corrected chi connectivity index (χ3v) is 4.37. The van der Waals surface area contributed by atoms with Gasteiger partial charge in [0.25, 0.3) is 5.91 Å². The summed E-state index contributed by atoms with van der Waals surface area (Å²) in [5.41, 5.74) is 2.87. The van der Waals surface area contributed by atoms with Crippen LogP contribution in [-0.2, 0) is 11.3 Å². The summed E-state index contributed by atoms with van der Waals surface area (Å²) in [6, 6.07) is 11.3. The van der Waals surface area contributed by atoms with Gasteiger partial charge in [0.15, 0.2) is 18.1 Å². The molecule has 0 aromatic heterocycles. The molecule has 152 valence electrons. The molecule has 0 spiro atoms. The maximum absolute atomic E-state index is 12.2. The van der Waals surface area contributed by atoms with E-state index in [0.29, 0.717) is 29.7 Å². The summed E-state index contributed by atoms with van der Waals surface area (Å²) in [4.78, 5) is 12.2. The fraction of sp³-hybridized carbons (Fsp3) is 0.409. The second kappa shape index (κ2) is 11.6. The van der Waals surface area contributed by atoms with Crippen molar-refractivity contribution in [2.45, 2.75) is 40.2 Å². The SMILES string of the molecule is CCCCNCc1cc(Cl)c(OCC(=O)Nc2ccc(C)cc2)c(OCC)c1. The van der Waals surface area contributed by atoms with E-state index < -0.39 is 0 Å². The highest BCUT2D eigenvalue weighted by Crippen LogP contribution is 2.36. The van der Waals surface area contributed by atoms with Gasteiger partial charge in [-0.1, -0.05) is 42.6 Å². The Kier molecular flexibility index (Phi) is 9.11. The van der Waals surface area contributed by atoms with Crippen LogP contribution < -0.4 is 20.1 Å². The fourth-order valence-corrected chi connectivity index (χ4v) is 2.92. The van der Waals surface area contributed by atoms with Crippen molar-refractivity contribution in [2.75, 3.05) is 25.1 Å². The molecule has 2 rings (SSSR count). The molecular formula is C22H29ClN2O3. The number of unbranched alkanes of at least 4 members (excludes halogenated alkanes) is 1. The van der Waals surface area contributed by atoms with Gasteiger partial charge < -0.3 is 20.1 Å². The number of carbonyl (C=O) groups is 1. The van der Waals surface area contributed by atoms with Crippen molar-refractivity contribution in [2.24, 2.45) is 0 Å². The Bertz CT molecular complexity index is 763. The molecule has 0 fully saturated rings. The Morgan fingerprint density at radius 2 is 1.86 bits per heavy atom. The van der Waals surface area contributed by atoms with Crippen molar-refractivity contribution in [3.05, 3.63) is 52.5 Å². The quantitative estimate of drug-likeness (QED) is 0.520. The molecular weight excluding hydrogens is 376 g/mol. The number of ether oxygens (including phenoxy) is 2. The first kappa shape index (κ1) is 22.1. The number of hydrogen-bond donors (Lipinski definition) is 2. The molecule has 0 aliphatic carbocycles. The van der Waals surface area contributed by atoms with Gasteiger partial charge in [0.1, 0.15) is 0 Å². The standard InChI is InChI=1S/C22H29ClN2O3/c1-4-6-11-24-14-17-12-19(23)22(20(13-17)27-5-2)28-15-21(26)25-18-9-7-16(3)8-10-18/h7-10,12-13,24H,4-6,11,14-15H2,1-3H3,(H,25,26). The van der Waals surface area contributed by atoms with Crippen LogP contribution in [0, 0.1) is 6.92 Å². The number of aryl methyl sites for hydroxylation is 1. The molecule has 0 saturated heterocycles. The lowest BCUT2D eigenvalue weighted by Gasteiger charge is -2.15. The van der Waals surface area contributed by atoms with Crippen LogP contribution in [0.4, 0.5) is 5.69 Å². The average molecular weight is 405 g/mol. The minimum Gasteiger partial charge on any atom is -0.490 e. The van der Waals surface area contributed by atoms with Crippen LogP contribution in [0.25, 0.3) is 0 Å². The molecule has 28 heavy (non-hydrogen) atoms. The van der Waals surface area contributed by atoms with E-state index in [-0.39, 0.29) is 12.5 Å². The third-order valence-electron chi connectivity index (χ3n) is 4.09. The molecule has 0 aliphatic heterocycles.